The van der Waals surface area contributed by atoms with E-state index in [-0.39, 0.29) is 11.1 Å². The number of carboxylic acid groups (broad SMARTS) is 1. The zero-order valence-corrected chi connectivity index (χ0v) is 10.5. The summed E-state index contributed by atoms with van der Waals surface area (Å²) in [5.41, 5.74) is 0.856. The lowest BCUT2D eigenvalue weighted by Crippen LogP contribution is -2.11. The van der Waals surface area contributed by atoms with Gasteiger partial charge in [-0.1, -0.05) is 12.1 Å². The monoisotopic (exact) mass is 261 g/mol. The molecule has 1 aromatic carbocycles. The molecule has 1 heterocycles. The van der Waals surface area contributed by atoms with Gasteiger partial charge in [-0.2, -0.15) is 0 Å². The van der Waals surface area contributed by atoms with E-state index in [2.05, 4.69) is 4.98 Å². The molecule has 0 aliphatic carbocycles. The Morgan fingerprint density at radius 1 is 1.33 bits per heavy atom. The Labute approximate surface area is 108 Å². The van der Waals surface area contributed by atoms with Crippen LogP contribution in [0, 0.1) is 0 Å². The number of aromatic nitrogens is 1. The molecule has 2 N–H and O–H groups in total. The van der Waals surface area contributed by atoms with E-state index < -0.39 is 5.97 Å². The fraction of sp³-hybridized carbons (Fsp3) is 0.0769. The molecule has 0 amide bonds. The van der Waals surface area contributed by atoms with Crippen LogP contribution < -0.4 is 5.56 Å². The summed E-state index contributed by atoms with van der Waals surface area (Å²) in [6, 6.07) is 8.81. The van der Waals surface area contributed by atoms with Crippen LogP contribution in [0.5, 0.6) is 0 Å². The first-order valence-electron chi connectivity index (χ1n) is 5.22. The number of hydrogen-bond acceptors (Lipinski definition) is 3. The van der Waals surface area contributed by atoms with Gasteiger partial charge in [0.15, 0.2) is 0 Å². The first kappa shape index (κ1) is 12.4. The van der Waals surface area contributed by atoms with Gasteiger partial charge in [0.05, 0.1) is 5.56 Å². The van der Waals surface area contributed by atoms with Gasteiger partial charge < -0.3 is 10.1 Å². The zero-order chi connectivity index (χ0) is 13.1. The summed E-state index contributed by atoms with van der Waals surface area (Å²) in [7, 11) is 0. The van der Waals surface area contributed by atoms with Crippen LogP contribution in [-0.2, 0) is 0 Å². The third-order valence-corrected chi connectivity index (χ3v) is 3.26. The predicted molar refractivity (Wildman–Crippen MR) is 71.2 cm³/mol. The highest BCUT2D eigenvalue weighted by Crippen LogP contribution is 2.22. The van der Waals surface area contributed by atoms with Gasteiger partial charge in [0, 0.05) is 16.7 Å². The van der Waals surface area contributed by atoms with Gasteiger partial charge in [0.25, 0.3) is 5.56 Å². The summed E-state index contributed by atoms with van der Waals surface area (Å²) in [6.45, 7) is 0. The summed E-state index contributed by atoms with van der Waals surface area (Å²) in [5.74, 6) is -1.06. The molecule has 18 heavy (non-hydrogen) atoms. The Morgan fingerprint density at radius 2 is 2.11 bits per heavy atom. The minimum Gasteiger partial charge on any atom is -0.478 e. The number of hydrogen-bond donors (Lipinski definition) is 2. The van der Waals surface area contributed by atoms with Crippen LogP contribution in [0.25, 0.3) is 11.1 Å². The number of benzene rings is 1. The third-order valence-electron chi connectivity index (χ3n) is 2.53. The molecular formula is C13H11NO3S. The fourth-order valence-corrected chi connectivity index (χ4v) is 2.07. The van der Waals surface area contributed by atoms with Crippen LogP contribution in [0.2, 0.25) is 0 Å². The molecule has 0 atom stereocenters. The second kappa shape index (κ2) is 5.10. The quantitative estimate of drug-likeness (QED) is 0.833. The maximum atomic E-state index is 11.7. The van der Waals surface area contributed by atoms with Crippen LogP contribution in [0.1, 0.15) is 10.4 Å². The van der Waals surface area contributed by atoms with E-state index in [0.29, 0.717) is 11.1 Å². The van der Waals surface area contributed by atoms with Crippen molar-refractivity contribution >= 4 is 17.7 Å². The maximum absolute atomic E-state index is 11.7. The van der Waals surface area contributed by atoms with Gasteiger partial charge in [0.2, 0.25) is 0 Å². The highest BCUT2D eigenvalue weighted by Gasteiger charge is 2.09. The number of thioether (sulfide) groups is 1. The van der Waals surface area contributed by atoms with Gasteiger partial charge in [0.1, 0.15) is 0 Å². The van der Waals surface area contributed by atoms with Crippen molar-refractivity contribution in [3.8, 4) is 11.1 Å². The number of H-pyrrole nitrogens is 1. The molecule has 0 radical (unpaired) electrons. The molecule has 2 aromatic rings. The van der Waals surface area contributed by atoms with Crippen molar-refractivity contribution in [2.75, 3.05) is 6.26 Å². The lowest BCUT2D eigenvalue weighted by molar-refractivity contribution is 0.0696. The molecule has 0 bridgehead atoms. The molecule has 0 aliphatic rings. The normalized spacial score (nSPS) is 10.3. The van der Waals surface area contributed by atoms with Crippen LogP contribution >= 0.6 is 11.8 Å². The topological polar surface area (TPSA) is 70.2 Å². The number of aromatic amines is 1. The Kier molecular flexibility index (Phi) is 3.53. The van der Waals surface area contributed by atoms with E-state index in [9.17, 15) is 9.59 Å². The highest BCUT2D eigenvalue weighted by atomic mass is 32.2. The number of carbonyl (C=O) groups is 1. The smallest absolute Gasteiger partial charge is 0.337 e. The Morgan fingerprint density at radius 3 is 2.78 bits per heavy atom. The Hall–Kier alpha value is -2.01. The van der Waals surface area contributed by atoms with E-state index in [1.807, 2.05) is 24.5 Å². The molecule has 2 rings (SSSR count). The Bertz CT molecular complexity index is 649. The number of rotatable bonds is 3. The number of carboxylic acids is 1. The highest BCUT2D eigenvalue weighted by molar-refractivity contribution is 7.98. The molecule has 0 spiro atoms. The lowest BCUT2D eigenvalue weighted by atomic mass is 10.1. The van der Waals surface area contributed by atoms with E-state index in [4.69, 9.17) is 5.11 Å². The van der Waals surface area contributed by atoms with Gasteiger partial charge in [-0.25, -0.2) is 4.79 Å². The molecule has 0 fully saturated rings. The van der Waals surface area contributed by atoms with E-state index in [1.165, 1.54) is 12.3 Å². The zero-order valence-electron chi connectivity index (χ0n) is 9.64. The molecule has 0 saturated heterocycles. The van der Waals surface area contributed by atoms with Crippen molar-refractivity contribution in [3.05, 3.63) is 52.4 Å². The minimum atomic E-state index is -1.06. The average Bonchev–Trinajstić information content (AvgIpc) is 2.39. The van der Waals surface area contributed by atoms with Crippen molar-refractivity contribution in [1.29, 1.82) is 0 Å². The standard InChI is InChI=1S/C13H11NO3S/c1-18-10-4-2-3-8(5-10)11-6-9(13(16)17)7-14-12(11)15/h2-7H,1H3,(H,14,15)(H,16,17). The second-order valence-corrected chi connectivity index (χ2v) is 4.55. The van der Waals surface area contributed by atoms with Crippen molar-refractivity contribution < 1.29 is 9.90 Å². The summed E-state index contributed by atoms with van der Waals surface area (Å²) in [6.07, 6.45) is 3.14. The van der Waals surface area contributed by atoms with E-state index >= 15 is 0 Å². The van der Waals surface area contributed by atoms with Crippen molar-refractivity contribution in [2.45, 2.75) is 4.90 Å². The summed E-state index contributed by atoms with van der Waals surface area (Å²) >= 11 is 1.57. The largest absolute Gasteiger partial charge is 0.478 e. The minimum absolute atomic E-state index is 0.0687. The van der Waals surface area contributed by atoms with Crippen LogP contribution in [0.3, 0.4) is 0 Å². The molecule has 92 valence electrons. The Balaban J connectivity index is 2.58. The second-order valence-electron chi connectivity index (χ2n) is 3.67. The maximum Gasteiger partial charge on any atom is 0.337 e. The molecular weight excluding hydrogens is 250 g/mol. The lowest BCUT2D eigenvalue weighted by Gasteiger charge is -2.04. The first-order chi connectivity index (χ1) is 8.61. The summed E-state index contributed by atoms with van der Waals surface area (Å²) in [5, 5.41) is 8.92. The average molecular weight is 261 g/mol. The fourth-order valence-electron chi connectivity index (χ4n) is 1.61. The first-order valence-corrected chi connectivity index (χ1v) is 6.45. The number of nitrogens with one attached hydrogen (secondary N) is 1. The van der Waals surface area contributed by atoms with Gasteiger partial charge in [-0.05, 0) is 30.0 Å². The molecule has 4 nitrogen and oxygen atoms in total. The van der Waals surface area contributed by atoms with Crippen molar-refractivity contribution in [1.82, 2.24) is 4.98 Å². The molecule has 1 aromatic heterocycles. The predicted octanol–water partition coefficient (Wildman–Crippen LogP) is 2.46. The number of pyridine rings is 1. The van der Waals surface area contributed by atoms with Crippen LogP contribution in [0.4, 0.5) is 0 Å². The molecule has 0 saturated carbocycles. The van der Waals surface area contributed by atoms with Crippen molar-refractivity contribution in [2.24, 2.45) is 0 Å². The van der Waals surface area contributed by atoms with Gasteiger partial charge in [-0.3, -0.25) is 4.79 Å². The number of aromatic carboxylic acids is 1. The van der Waals surface area contributed by atoms with E-state index in [1.54, 1.807) is 17.8 Å². The summed E-state index contributed by atoms with van der Waals surface area (Å²) in [4.78, 5) is 26.1. The molecule has 5 heteroatoms. The SMILES string of the molecule is CSc1cccc(-c2cc(C(=O)O)c[nH]c2=O)c1. The third kappa shape index (κ3) is 2.46. The van der Waals surface area contributed by atoms with Crippen LogP contribution in [0.15, 0.2) is 46.2 Å². The van der Waals surface area contributed by atoms with Crippen molar-refractivity contribution in [3.63, 3.8) is 0 Å². The molecule has 0 unspecified atom stereocenters. The molecule has 0 aliphatic heterocycles. The van der Waals surface area contributed by atoms with Crippen LogP contribution in [-0.4, -0.2) is 22.3 Å². The van der Waals surface area contributed by atoms with Gasteiger partial charge in [-0.15, -0.1) is 11.8 Å². The van der Waals surface area contributed by atoms with E-state index in [0.717, 1.165) is 4.90 Å². The van der Waals surface area contributed by atoms with Gasteiger partial charge >= 0.3 is 5.97 Å². The summed E-state index contributed by atoms with van der Waals surface area (Å²) < 4.78 is 0.